The second kappa shape index (κ2) is 3.73. The molecule has 0 aliphatic rings. The Morgan fingerprint density at radius 2 is 1.93 bits per heavy atom. The minimum absolute atomic E-state index is 0.110. The van der Waals surface area contributed by atoms with Crippen molar-refractivity contribution in [3.8, 4) is 6.07 Å². The van der Waals surface area contributed by atoms with Crippen molar-refractivity contribution < 1.29 is 18.0 Å². The fourth-order valence-electron chi connectivity index (χ4n) is 1.06. The molecule has 0 heterocycles. The lowest BCUT2D eigenvalue weighted by Crippen LogP contribution is -2.07. The molecule has 1 aromatic rings. The molecule has 0 aromatic heterocycles. The maximum absolute atomic E-state index is 12.3. The van der Waals surface area contributed by atoms with Crippen molar-refractivity contribution in [3.63, 3.8) is 0 Å². The second-order valence-corrected chi connectivity index (χ2v) is 2.96. The molecule has 0 atom stereocenters. The highest BCUT2D eigenvalue weighted by Crippen LogP contribution is 2.30. The van der Waals surface area contributed by atoms with E-state index in [1.54, 1.807) is 6.07 Å². The number of carbonyl (C=O) groups excluding carboxylic acids is 1. The fourth-order valence-corrected chi connectivity index (χ4v) is 1.06. The summed E-state index contributed by atoms with van der Waals surface area (Å²) in [6, 6.07) is 4.17. The van der Waals surface area contributed by atoms with Gasteiger partial charge in [-0.1, -0.05) is 0 Å². The summed E-state index contributed by atoms with van der Waals surface area (Å²) in [4.78, 5) is 10.9. The molecule has 1 rings (SSSR count). The van der Waals surface area contributed by atoms with Crippen LogP contribution in [0.2, 0.25) is 0 Å². The zero-order valence-electron chi connectivity index (χ0n) is 7.72. The van der Waals surface area contributed by atoms with Crippen LogP contribution in [-0.2, 0) is 6.18 Å². The lowest BCUT2D eigenvalue weighted by molar-refractivity contribution is -0.137. The van der Waals surface area contributed by atoms with Gasteiger partial charge in [-0.05, 0) is 25.1 Å². The summed E-state index contributed by atoms with van der Waals surface area (Å²) in [5.41, 5.74) is -1.26. The van der Waals surface area contributed by atoms with Gasteiger partial charge >= 0.3 is 6.18 Å². The first-order chi connectivity index (χ1) is 6.84. The molecule has 0 radical (unpaired) electrons. The molecule has 0 fully saturated rings. The number of halogens is 3. The maximum atomic E-state index is 12.3. The van der Waals surface area contributed by atoms with E-state index in [9.17, 15) is 18.0 Å². The van der Waals surface area contributed by atoms with Crippen molar-refractivity contribution in [1.82, 2.24) is 0 Å². The van der Waals surface area contributed by atoms with Gasteiger partial charge < -0.3 is 0 Å². The summed E-state index contributed by atoms with van der Waals surface area (Å²) >= 11 is 0. The Kier molecular flexibility index (Phi) is 2.80. The molecule has 2 nitrogen and oxygen atoms in total. The first-order valence-corrected chi connectivity index (χ1v) is 3.98. The van der Waals surface area contributed by atoms with Crippen LogP contribution in [0.1, 0.15) is 28.4 Å². The fraction of sp³-hybridized carbons (Fsp3) is 0.200. The van der Waals surface area contributed by atoms with Crippen molar-refractivity contribution in [2.75, 3.05) is 0 Å². The van der Waals surface area contributed by atoms with Gasteiger partial charge in [-0.15, -0.1) is 0 Å². The van der Waals surface area contributed by atoms with E-state index < -0.39 is 17.5 Å². The predicted molar refractivity (Wildman–Crippen MR) is 46.2 cm³/mol. The van der Waals surface area contributed by atoms with Crippen LogP contribution in [0.4, 0.5) is 13.2 Å². The number of hydrogen-bond acceptors (Lipinski definition) is 2. The Morgan fingerprint density at radius 3 is 2.33 bits per heavy atom. The molecular weight excluding hydrogens is 207 g/mol. The van der Waals surface area contributed by atoms with Crippen LogP contribution < -0.4 is 0 Å². The van der Waals surface area contributed by atoms with E-state index in [2.05, 4.69) is 0 Å². The van der Waals surface area contributed by atoms with Crippen molar-refractivity contribution in [2.45, 2.75) is 13.1 Å². The average Bonchev–Trinajstić information content (AvgIpc) is 2.15. The molecule has 0 aliphatic heterocycles. The zero-order chi connectivity index (χ0) is 11.6. The van der Waals surface area contributed by atoms with Crippen molar-refractivity contribution in [1.29, 1.82) is 5.26 Å². The van der Waals surface area contributed by atoms with E-state index in [1.807, 2.05) is 0 Å². The summed E-state index contributed by atoms with van der Waals surface area (Å²) < 4.78 is 37.0. The maximum Gasteiger partial charge on any atom is 0.416 e. The molecule has 5 heteroatoms. The standard InChI is InChI=1S/C10H6F3NO/c1-6(15)8-2-7(5-14)3-9(4-8)10(11,12)13/h2-4H,1H3. The number of Topliss-reactive ketones (excluding diaryl/α,β-unsaturated/α-hetero) is 1. The predicted octanol–water partition coefficient (Wildman–Crippen LogP) is 2.78. The van der Waals surface area contributed by atoms with Gasteiger partial charge in [-0.3, -0.25) is 4.79 Å². The average molecular weight is 213 g/mol. The second-order valence-electron chi connectivity index (χ2n) is 2.96. The Labute approximate surface area is 83.9 Å². The summed E-state index contributed by atoms with van der Waals surface area (Å²) in [6.45, 7) is 1.15. The molecule has 0 saturated carbocycles. The molecule has 78 valence electrons. The van der Waals surface area contributed by atoms with E-state index >= 15 is 0 Å². The highest BCUT2D eigenvalue weighted by atomic mass is 19.4. The topological polar surface area (TPSA) is 40.9 Å². The highest BCUT2D eigenvalue weighted by molar-refractivity contribution is 5.94. The molecule has 0 spiro atoms. The summed E-state index contributed by atoms with van der Waals surface area (Å²) in [5, 5.41) is 8.51. The van der Waals surface area contributed by atoms with Crippen LogP contribution in [0.15, 0.2) is 18.2 Å². The summed E-state index contributed by atoms with van der Waals surface area (Å²) in [6.07, 6.45) is -4.54. The Morgan fingerprint density at radius 1 is 1.33 bits per heavy atom. The molecule has 0 bridgehead atoms. The van der Waals surface area contributed by atoms with Crippen LogP contribution in [0.3, 0.4) is 0 Å². The molecule has 0 saturated heterocycles. The van der Waals surface area contributed by atoms with Crippen LogP contribution in [-0.4, -0.2) is 5.78 Å². The van der Waals surface area contributed by atoms with Crippen LogP contribution in [0.25, 0.3) is 0 Å². The normalized spacial score (nSPS) is 10.9. The molecule has 0 amide bonds. The number of alkyl halides is 3. The van der Waals surface area contributed by atoms with Gasteiger partial charge in [-0.2, -0.15) is 18.4 Å². The van der Waals surface area contributed by atoms with Crippen molar-refractivity contribution >= 4 is 5.78 Å². The van der Waals surface area contributed by atoms with Gasteiger partial charge in [0.15, 0.2) is 5.78 Å². The SMILES string of the molecule is CC(=O)c1cc(C#N)cc(C(F)(F)F)c1. The molecule has 15 heavy (non-hydrogen) atoms. The Balaban J connectivity index is 3.38. The van der Waals surface area contributed by atoms with Crippen LogP contribution in [0.5, 0.6) is 0 Å². The largest absolute Gasteiger partial charge is 0.416 e. The van der Waals surface area contributed by atoms with E-state index in [4.69, 9.17) is 5.26 Å². The lowest BCUT2D eigenvalue weighted by atomic mass is 10.0. The van der Waals surface area contributed by atoms with Gasteiger partial charge in [0, 0.05) is 5.56 Å². The molecular formula is C10H6F3NO. The number of carbonyl (C=O) groups is 1. The molecule has 0 aliphatic carbocycles. The van der Waals surface area contributed by atoms with Gasteiger partial charge in [0.2, 0.25) is 0 Å². The van der Waals surface area contributed by atoms with Gasteiger partial charge in [-0.25, -0.2) is 0 Å². The number of benzene rings is 1. The highest BCUT2D eigenvalue weighted by Gasteiger charge is 2.31. The number of nitriles is 1. The Bertz CT molecular complexity index is 443. The number of nitrogens with zero attached hydrogens (tertiary/aromatic N) is 1. The number of ketones is 1. The minimum atomic E-state index is -4.54. The molecule has 0 N–H and O–H groups in total. The number of rotatable bonds is 1. The first kappa shape index (κ1) is 11.2. The van der Waals surface area contributed by atoms with Gasteiger partial charge in [0.25, 0.3) is 0 Å². The zero-order valence-corrected chi connectivity index (χ0v) is 7.72. The van der Waals surface area contributed by atoms with Crippen LogP contribution >= 0.6 is 0 Å². The third-order valence-corrected chi connectivity index (χ3v) is 1.80. The molecule has 1 aromatic carbocycles. The third kappa shape index (κ3) is 2.56. The first-order valence-electron chi connectivity index (χ1n) is 3.98. The Hall–Kier alpha value is -1.83. The number of hydrogen-bond donors (Lipinski definition) is 0. The van der Waals surface area contributed by atoms with E-state index in [-0.39, 0.29) is 11.1 Å². The smallest absolute Gasteiger partial charge is 0.295 e. The van der Waals surface area contributed by atoms with Crippen LogP contribution in [0, 0.1) is 11.3 Å². The molecule has 0 unspecified atom stereocenters. The van der Waals surface area contributed by atoms with E-state index in [0.717, 1.165) is 19.1 Å². The van der Waals surface area contributed by atoms with E-state index in [1.165, 1.54) is 0 Å². The quantitative estimate of drug-likeness (QED) is 0.673. The van der Waals surface area contributed by atoms with Crippen molar-refractivity contribution in [3.05, 3.63) is 34.9 Å². The lowest BCUT2D eigenvalue weighted by Gasteiger charge is -2.08. The van der Waals surface area contributed by atoms with Gasteiger partial charge in [0.1, 0.15) is 0 Å². The minimum Gasteiger partial charge on any atom is -0.295 e. The van der Waals surface area contributed by atoms with Crippen molar-refractivity contribution in [2.24, 2.45) is 0 Å². The van der Waals surface area contributed by atoms with Gasteiger partial charge in [0.05, 0.1) is 17.2 Å². The third-order valence-electron chi connectivity index (χ3n) is 1.80. The summed E-state index contributed by atoms with van der Waals surface area (Å²) in [7, 11) is 0. The summed E-state index contributed by atoms with van der Waals surface area (Å²) in [5.74, 6) is -0.502. The monoisotopic (exact) mass is 213 g/mol. The van der Waals surface area contributed by atoms with E-state index in [0.29, 0.717) is 6.07 Å².